The van der Waals surface area contributed by atoms with E-state index in [-0.39, 0.29) is 17.6 Å². The largest absolute Gasteiger partial charge is 0.392 e. The van der Waals surface area contributed by atoms with E-state index in [2.05, 4.69) is 10.3 Å². The highest BCUT2D eigenvalue weighted by Crippen LogP contribution is 2.06. The number of pyridine rings is 1. The number of amides is 1. The highest BCUT2D eigenvalue weighted by Gasteiger charge is 2.06. The number of hydrogen-bond donors (Lipinski definition) is 2. The summed E-state index contributed by atoms with van der Waals surface area (Å²) >= 11 is 5.61. The third-order valence-electron chi connectivity index (χ3n) is 1.55. The number of halogens is 1. The lowest BCUT2D eigenvalue weighted by Gasteiger charge is -2.06. The Hall–Kier alpha value is -1.13. The SMILES string of the molecule is C[C@@H](O)CNC(=O)c1ccnc(Cl)c1. The van der Waals surface area contributed by atoms with Crippen LogP contribution in [0.5, 0.6) is 0 Å². The molecule has 5 heteroatoms. The van der Waals surface area contributed by atoms with E-state index in [0.717, 1.165) is 0 Å². The number of carbonyl (C=O) groups is 1. The third-order valence-corrected chi connectivity index (χ3v) is 1.75. The Morgan fingerprint density at radius 1 is 1.79 bits per heavy atom. The first-order valence-electron chi connectivity index (χ1n) is 4.17. The van der Waals surface area contributed by atoms with Crippen molar-refractivity contribution >= 4 is 17.5 Å². The van der Waals surface area contributed by atoms with Gasteiger partial charge in [0.15, 0.2) is 0 Å². The zero-order valence-electron chi connectivity index (χ0n) is 7.70. The molecule has 1 aromatic rings. The third kappa shape index (κ3) is 3.32. The number of hydrogen-bond acceptors (Lipinski definition) is 3. The van der Waals surface area contributed by atoms with Gasteiger partial charge in [0.1, 0.15) is 5.15 Å². The van der Waals surface area contributed by atoms with Crippen LogP contribution in [0.15, 0.2) is 18.3 Å². The molecular weight excluding hydrogens is 204 g/mol. The van der Waals surface area contributed by atoms with Crippen molar-refractivity contribution in [3.8, 4) is 0 Å². The van der Waals surface area contributed by atoms with Crippen LogP contribution in [0.4, 0.5) is 0 Å². The van der Waals surface area contributed by atoms with Crippen LogP contribution in [0.1, 0.15) is 17.3 Å². The quantitative estimate of drug-likeness (QED) is 0.734. The fourth-order valence-corrected chi connectivity index (χ4v) is 1.06. The van der Waals surface area contributed by atoms with Crippen molar-refractivity contribution in [2.24, 2.45) is 0 Å². The first kappa shape index (κ1) is 10.9. The van der Waals surface area contributed by atoms with Crippen LogP contribution in [-0.4, -0.2) is 28.6 Å². The molecule has 1 rings (SSSR count). The molecule has 0 saturated carbocycles. The number of aromatic nitrogens is 1. The van der Waals surface area contributed by atoms with E-state index in [1.54, 1.807) is 13.0 Å². The van der Waals surface area contributed by atoms with E-state index >= 15 is 0 Å². The first-order valence-corrected chi connectivity index (χ1v) is 4.55. The molecule has 0 unspecified atom stereocenters. The lowest BCUT2D eigenvalue weighted by atomic mass is 10.2. The minimum absolute atomic E-state index is 0.221. The number of carbonyl (C=O) groups excluding carboxylic acids is 1. The maximum absolute atomic E-state index is 11.4. The van der Waals surface area contributed by atoms with Gasteiger partial charge in [-0.2, -0.15) is 0 Å². The Morgan fingerprint density at radius 2 is 2.50 bits per heavy atom. The van der Waals surface area contributed by atoms with Crippen LogP contribution in [0.3, 0.4) is 0 Å². The summed E-state index contributed by atoms with van der Waals surface area (Å²) in [5, 5.41) is 11.8. The summed E-state index contributed by atoms with van der Waals surface area (Å²) < 4.78 is 0. The average molecular weight is 215 g/mol. The van der Waals surface area contributed by atoms with Crippen molar-refractivity contribution < 1.29 is 9.90 Å². The second-order valence-electron chi connectivity index (χ2n) is 2.93. The molecule has 0 spiro atoms. The lowest BCUT2D eigenvalue weighted by Crippen LogP contribution is -2.30. The molecule has 0 radical (unpaired) electrons. The summed E-state index contributed by atoms with van der Waals surface area (Å²) in [4.78, 5) is 15.1. The van der Waals surface area contributed by atoms with Crippen molar-refractivity contribution in [3.63, 3.8) is 0 Å². The Morgan fingerprint density at radius 3 is 3.07 bits per heavy atom. The van der Waals surface area contributed by atoms with Gasteiger partial charge in [-0.05, 0) is 19.1 Å². The van der Waals surface area contributed by atoms with Crippen molar-refractivity contribution in [2.45, 2.75) is 13.0 Å². The topological polar surface area (TPSA) is 62.2 Å². The first-order chi connectivity index (χ1) is 6.59. The number of aliphatic hydroxyl groups is 1. The zero-order chi connectivity index (χ0) is 10.6. The highest BCUT2D eigenvalue weighted by atomic mass is 35.5. The minimum atomic E-state index is -0.559. The fourth-order valence-electron chi connectivity index (χ4n) is 0.886. The summed E-state index contributed by atoms with van der Waals surface area (Å²) in [5.74, 6) is -0.268. The summed E-state index contributed by atoms with van der Waals surface area (Å²) in [7, 11) is 0. The number of aliphatic hydroxyl groups excluding tert-OH is 1. The van der Waals surface area contributed by atoms with Crippen LogP contribution in [0, 0.1) is 0 Å². The number of nitrogens with zero attached hydrogens (tertiary/aromatic N) is 1. The molecule has 1 atom stereocenters. The van der Waals surface area contributed by atoms with Gasteiger partial charge in [-0.25, -0.2) is 4.98 Å². The van der Waals surface area contributed by atoms with E-state index in [9.17, 15) is 4.79 Å². The van der Waals surface area contributed by atoms with Crippen LogP contribution < -0.4 is 5.32 Å². The average Bonchev–Trinajstić information content (AvgIpc) is 2.14. The molecule has 76 valence electrons. The Labute approximate surface area is 86.9 Å². The van der Waals surface area contributed by atoms with Crippen LogP contribution in [0.25, 0.3) is 0 Å². The highest BCUT2D eigenvalue weighted by molar-refractivity contribution is 6.29. The minimum Gasteiger partial charge on any atom is -0.392 e. The van der Waals surface area contributed by atoms with Gasteiger partial charge in [-0.3, -0.25) is 4.79 Å². The van der Waals surface area contributed by atoms with Crippen molar-refractivity contribution in [2.75, 3.05) is 6.54 Å². The molecule has 0 aliphatic heterocycles. The molecule has 0 saturated heterocycles. The molecular formula is C9H11ClN2O2. The molecule has 1 aromatic heterocycles. The molecule has 0 aromatic carbocycles. The van der Waals surface area contributed by atoms with Gasteiger partial charge in [0, 0.05) is 18.3 Å². The molecule has 1 heterocycles. The molecule has 0 aliphatic carbocycles. The summed E-state index contributed by atoms with van der Waals surface area (Å²) in [6, 6.07) is 3.03. The molecule has 2 N–H and O–H groups in total. The molecule has 1 amide bonds. The fraction of sp³-hybridized carbons (Fsp3) is 0.333. The Kier molecular flexibility index (Phi) is 3.85. The molecule has 0 fully saturated rings. The van der Waals surface area contributed by atoms with Crippen LogP contribution in [-0.2, 0) is 0 Å². The zero-order valence-corrected chi connectivity index (χ0v) is 8.45. The normalized spacial score (nSPS) is 12.2. The molecule has 14 heavy (non-hydrogen) atoms. The van der Waals surface area contributed by atoms with Crippen molar-refractivity contribution in [1.29, 1.82) is 0 Å². The maximum Gasteiger partial charge on any atom is 0.251 e. The lowest BCUT2D eigenvalue weighted by molar-refractivity contribution is 0.0924. The number of nitrogens with one attached hydrogen (secondary N) is 1. The van der Waals surface area contributed by atoms with E-state index in [0.29, 0.717) is 5.56 Å². The van der Waals surface area contributed by atoms with Crippen LogP contribution in [0.2, 0.25) is 5.15 Å². The molecule has 0 bridgehead atoms. The van der Waals surface area contributed by atoms with Gasteiger partial charge >= 0.3 is 0 Å². The van der Waals surface area contributed by atoms with Crippen molar-refractivity contribution in [1.82, 2.24) is 10.3 Å². The second kappa shape index (κ2) is 4.93. The van der Waals surface area contributed by atoms with Gasteiger partial charge < -0.3 is 10.4 Å². The molecule has 4 nitrogen and oxygen atoms in total. The van der Waals surface area contributed by atoms with Gasteiger partial charge in [0.05, 0.1) is 6.10 Å². The van der Waals surface area contributed by atoms with Gasteiger partial charge in [-0.15, -0.1) is 0 Å². The number of rotatable bonds is 3. The van der Waals surface area contributed by atoms with Gasteiger partial charge in [-0.1, -0.05) is 11.6 Å². The van der Waals surface area contributed by atoms with Crippen LogP contribution >= 0.6 is 11.6 Å². The summed E-state index contributed by atoms with van der Waals surface area (Å²) in [5.41, 5.74) is 0.436. The van der Waals surface area contributed by atoms with E-state index in [4.69, 9.17) is 16.7 Å². The van der Waals surface area contributed by atoms with E-state index in [1.165, 1.54) is 12.3 Å². The van der Waals surface area contributed by atoms with E-state index in [1.807, 2.05) is 0 Å². The van der Waals surface area contributed by atoms with Crippen molar-refractivity contribution in [3.05, 3.63) is 29.0 Å². The maximum atomic E-state index is 11.4. The smallest absolute Gasteiger partial charge is 0.251 e. The summed E-state index contributed by atoms with van der Waals surface area (Å²) in [6.07, 6.45) is 0.899. The second-order valence-corrected chi connectivity index (χ2v) is 3.31. The summed E-state index contributed by atoms with van der Waals surface area (Å²) in [6.45, 7) is 1.82. The van der Waals surface area contributed by atoms with Gasteiger partial charge in [0.25, 0.3) is 5.91 Å². The monoisotopic (exact) mass is 214 g/mol. The standard InChI is InChI=1S/C9H11ClN2O2/c1-6(13)5-12-9(14)7-2-3-11-8(10)4-7/h2-4,6,13H,5H2,1H3,(H,12,14)/t6-/m1/s1. The van der Waals surface area contributed by atoms with Gasteiger partial charge in [0.2, 0.25) is 0 Å². The predicted molar refractivity (Wildman–Crippen MR) is 53.3 cm³/mol. The Balaban J connectivity index is 2.61. The molecule has 0 aliphatic rings. The predicted octanol–water partition coefficient (Wildman–Crippen LogP) is 0.846. The van der Waals surface area contributed by atoms with E-state index < -0.39 is 6.10 Å². The Bertz CT molecular complexity index is 328.